The SMILES string of the molecule is CC(=O)c1ccc(Sc2ccc(C)cc2C)cc1[N+](=O)[O-]. The van der Waals surface area contributed by atoms with Crippen molar-refractivity contribution in [2.24, 2.45) is 0 Å². The van der Waals surface area contributed by atoms with Gasteiger partial charge in [0, 0.05) is 15.9 Å². The Bertz CT molecular complexity index is 725. The molecule has 0 radical (unpaired) electrons. The van der Waals surface area contributed by atoms with E-state index in [0.29, 0.717) is 0 Å². The van der Waals surface area contributed by atoms with Crippen LogP contribution in [0.5, 0.6) is 0 Å². The molecule has 0 aliphatic rings. The maximum Gasteiger partial charge on any atom is 0.281 e. The van der Waals surface area contributed by atoms with E-state index < -0.39 is 4.92 Å². The third-order valence-corrected chi connectivity index (χ3v) is 4.27. The average molecular weight is 301 g/mol. The van der Waals surface area contributed by atoms with Crippen molar-refractivity contribution >= 4 is 23.2 Å². The quantitative estimate of drug-likeness (QED) is 0.471. The molecule has 5 heteroatoms. The lowest BCUT2D eigenvalue weighted by Crippen LogP contribution is -2.00. The number of hydrogen-bond acceptors (Lipinski definition) is 4. The summed E-state index contributed by atoms with van der Waals surface area (Å²) in [6.07, 6.45) is 0. The van der Waals surface area contributed by atoms with Crippen LogP contribution in [-0.2, 0) is 0 Å². The van der Waals surface area contributed by atoms with Gasteiger partial charge in [-0.2, -0.15) is 0 Å². The number of Topliss-reactive ketones (excluding diaryl/α,β-unsaturated/α-hetero) is 1. The van der Waals surface area contributed by atoms with Crippen LogP contribution in [0, 0.1) is 24.0 Å². The molecule has 21 heavy (non-hydrogen) atoms. The van der Waals surface area contributed by atoms with E-state index in [1.165, 1.54) is 36.4 Å². The minimum atomic E-state index is -0.511. The fraction of sp³-hybridized carbons (Fsp3) is 0.188. The second-order valence-electron chi connectivity index (χ2n) is 4.86. The van der Waals surface area contributed by atoms with Gasteiger partial charge in [-0.15, -0.1) is 0 Å². The average Bonchev–Trinajstić information content (AvgIpc) is 2.41. The lowest BCUT2D eigenvalue weighted by atomic mass is 10.1. The molecule has 4 nitrogen and oxygen atoms in total. The smallest absolute Gasteiger partial charge is 0.281 e. The fourth-order valence-electron chi connectivity index (χ4n) is 2.06. The summed E-state index contributed by atoms with van der Waals surface area (Å²) in [4.78, 5) is 23.8. The van der Waals surface area contributed by atoms with Crippen LogP contribution in [0.4, 0.5) is 5.69 Å². The molecule has 0 aliphatic heterocycles. The standard InChI is InChI=1S/C16H15NO3S/c1-10-4-7-16(11(2)8-10)21-13-5-6-14(12(3)18)15(9-13)17(19)20/h4-9H,1-3H3. The first-order valence-corrected chi connectivity index (χ1v) is 7.24. The molecule has 0 spiro atoms. The molecule has 0 bridgehead atoms. The van der Waals surface area contributed by atoms with Crippen LogP contribution < -0.4 is 0 Å². The van der Waals surface area contributed by atoms with Crippen molar-refractivity contribution in [1.29, 1.82) is 0 Å². The van der Waals surface area contributed by atoms with Gasteiger partial charge in [-0.3, -0.25) is 14.9 Å². The Labute approximate surface area is 127 Å². The van der Waals surface area contributed by atoms with Gasteiger partial charge in [0.15, 0.2) is 5.78 Å². The van der Waals surface area contributed by atoms with E-state index in [1.807, 2.05) is 26.0 Å². The van der Waals surface area contributed by atoms with Gasteiger partial charge < -0.3 is 0 Å². The van der Waals surface area contributed by atoms with E-state index in [9.17, 15) is 14.9 Å². The van der Waals surface area contributed by atoms with Crippen LogP contribution in [0.2, 0.25) is 0 Å². The van der Waals surface area contributed by atoms with Crippen molar-refractivity contribution in [3.05, 3.63) is 63.2 Å². The molecule has 0 saturated heterocycles. The summed E-state index contributed by atoms with van der Waals surface area (Å²) in [5.41, 5.74) is 2.30. The predicted molar refractivity (Wildman–Crippen MR) is 83.1 cm³/mol. The van der Waals surface area contributed by atoms with Crippen LogP contribution in [0.3, 0.4) is 0 Å². The maximum absolute atomic E-state index is 11.4. The molecule has 0 atom stereocenters. The molecule has 2 aromatic rings. The molecule has 0 unspecified atom stereocenters. The zero-order valence-electron chi connectivity index (χ0n) is 12.0. The lowest BCUT2D eigenvalue weighted by Gasteiger charge is -2.07. The summed E-state index contributed by atoms with van der Waals surface area (Å²) in [5, 5.41) is 11.1. The molecule has 0 heterocycles. The number of rotatable bonds is 4. The Kier molecular flexibility index (Phi) is 4.43. The summed E-state index contributed by atoms with van der Waals surface area (Å²) in [6, 6.07) is 10.8. The zero-order chi connectivity index (χ0) is 15.6. The summed E-state index contributed by atoms with van der Waals surface area (Å²) in [6.45, 7) is 5.36. The Morgan fingerprint density at radius 2 is 1.86 bits per heavy atom. The highest BCUT2D eigenvalue weighted by atomic mass is 32.2. The van der Waals surface area contributed by atoms with Crippen molar-refractivity contribution in [2.75, 3.05) is 0 Å². The van der Waals surface area contributed by atoms with E-state index in [4.69, 9.17) is 0 Å². The Hall–Kier alpha value is -2.14. The van der Waals surface area contributed by atoms with Crippen molar-refractivity contribution in [1.82, 2.24) is 0 Å². The fourth-order valence-corrected chi connectivity index (χ4v) is 2.98. The molecule has 2 aromatic carbocycles. The van der Waals surface area contributed by atoms with Crippen molar-refractivity contribution < 1.29 is 9.72 Å². The van der Waals surface area contributed by atoms with E-state index >= 15 is 0 Å². The predicted octanol–water partition coefficient (Wildman–Crippen LogP) is 4.57. The first-order chi connectivity index (χ1) is 9.88. The van der Waals surface area contributed by atoms with Gasteiger partial charge in [0.2, 0.25) is 0 Å². The molecule has 0 aromatic heterocycles. The van der Waals surface area contributed by atoms with E-state index in [-0.39, 0.29) is 17.0 Å². The number of carbonyl (C=O) groups excluding carboxylic acids is 1. The molecular weight excluding hydrogens is 286 g/mol. The van der Waals surface area contributed by atoms with Gasteiger partial charge in [-0.05, 0) is 44.5 Å². The number of nitro benzene ring substituents is 1. The molecule has 0 saturated carbocycles. The van der Waals surface area contributed by atoms with Crippen LogP contribution in [0.15, 0.2) is 46.2 Å². The van der Waals surface area contributed by atoms with Gasteiger partial charge in [-0.25, -0.2) is 0 Å². The van der Waals surface area contributed by atoms with Crippen molar-refractivity contribution in [3.63, 3.8) is 0 Å². The van der Waals surface area contributed by atoms with Crippen LogP contribution in [0.1, 0.15) is 28.4 Å². The summed E-state index contributed by atoms with van der Waals surface area (Å²) < 4.78 is 0. The number of nitro groups is 1. The molecule has 0 amide bonds. The third kappa shape index (κ3) is 3.49. The normalized spacial score (nSPS) is 10.4. The van der Waals surface area contributed by atoms with Gasteiger partial charge in [0.05, 0.1) is 10.5 Å². The zero-order valence-corrected chi connectivity index (χ0v) is 12.9. The van der Waals surface area contributed by atoms with E-state index in [1.54, 1.807) is 6.07 Å². The Balaban J connectivity index is 2.39. The Morgan fingerprint density at radius 1 is 1.14 bits per heavy atom. The van der Waals surface area contributed by atoms with Gasteiger partial charge in [0.1, 0.15) is 0 Å². The highest BCUT2D eigenvalue weighted by Gasteiger charge is 2.18. The minimum Gasteiger partial charge on any atom is -0.294 e. The van der Waals surface area contributed by atoms with Crippen molar-refractivity contribution in [3.8, 4) is 0 Å². The molecular formula is C16H15NO3S. The number of hydrogen-bond donors (Lipinski definition) is 0. The maximum atomic E-state index is 11.4. The Morgan fingerprint density at radius 3 is 2.43 bits per heavy atom. The monoisotopic (exact) mass is 301 g/mol. The topological polar surface area (TPSA) is 60.2 Å². The highest BCUT2D eigenvalue weighted by molar-refractivity contribution is 7.99. The summed E-state index contributed by atoms with van der Waals surface area (Å²) in [5.74, 6) is -0.301. The van der Waals surface area contributed by atoms with Crippen LogP contribution in [0.25, 0.3) is 0 Å². The van der Waals surface area contributed by atoms with E-state index in [2.05, 4.69) is 6.07 Å². The number of ketones is 1. The van der Waals surface area contributed by atoms with Gasteiger partial charge in [-0.1, -0.05) is 29.5 Å². The number of nitrogens with zero attached hydrogens (tertiary/aromatic N) is 1. The molecule has 108 valence electrons. The highest BCUT2D eigenvalue weighted by Crippen LogP contribution is 2.34. The number of carbonyl (C=O) groups is 1. The van der Waals surface area contributed by atoms with Gasteiger partial charge >= 0.3 is 0 Å². The number of benzene rings is 2. The van der Waals surface area contributed by atoms with Crippen LogP contribution >= 0.6 is 11.8 Å². The second-order valence-corrected chi connectivity index (χ2v) is 5.98. The lowest BCUT2D eigenvalue weighted by molar-refractivity contribution is -0.385. The molecule has 0 fully saturated rings. The van der Waals surface area contributed by atoms with Crippen molar-refractivity contribution in [2.45, 2.75) is 30.6 Å². The van der Waals surface area contributed by atoms with Crippen LogP contribution in [-0.4, -0.2) is 10.7 Å². The minimum absolute atomic E-state index is 0.141. The summed E-state index contributed by atoms with van der Waals surface area (Å²) >= 11 is 1.46. The van der Waals surface area contributed by atoms with Gasteiger partial charge in [0.25, 0.3) is 5.69 Å². The molecule has 0 aliphatic carbocycles. The summed E-state index contributed by atoms with van der Waals surface area (Å²) in [7, 11) is 0. The molecule has 2 rings (SSSR count). The first kappa shape index (κ1) is 15.3. The second kappa shape index (κ2) is 6.10. The number of aryl methyl sites for hydroxylation is 2. The first-order valence-electron chi connectivity index (χ1n) is 6.43. The third-order valence-electron chi connectivity index (χ3n) is 3.10. The largest absolute Gasteiger partial charge is 0.294 e. The molecule has 0 N–H and O–H groups in total. The van der Waals surface area contributed by atoms with E-state index in [0.717, 1.165) is 15.4 Å².